The van der Waals surface area contributed by atoms with E-state index in [0.717, 1.165) is 4.47 Å². The van der Waals surface area contributed by atoms with Crippen molar-refractivity contribution in [3.8, 4) is 5.75 Å². The molecule has 0 heterocycles. The molecule has 2 aliphatic rings. The average molecular weight is 682 g/mol. The Hall–Kier alpha value is -0.630. The summed E-state index contributed by atoms with van der Waals surface area (Å²) in [6.45, 7) is -1.82. The van der Waals surface area contributed by atoms with Crippen LogP contribution in [-0.2, 0) is 24.4 Å². The van der Waals surface area contributed by atoms with Crippen molar-refractivity contribution in [2.24, 2.45) is 23.7 Å². The van der Waals surface area contributed by atoms with Gasteiger partial charge in [0.05, 0.1) is 20.8 Å². The van der Waals surface area contributed by atoms with Crippen LogP contribution in [0, 0.1) is 23.7 Å². The van der Waals surface area contributed by atoms with E-state index >= 15 is 0 Å². The molecule has 0 amide bonds. The van der Waals surface area contributed by atoms with Gasteiger partial charge in [-0.15, -0.1) is 0 Å². The number of esters is 2. The van der Waals surface area contributed by atoms with Gasteiger partial charge in [-0.1, -0.05) is 28.8 Å². The molecule has 0 aliphatic heterocycles. The Labute approximate surface area is 215 Å². The zero-order valence-corrected chi connectivity index (χ0v) is 22.6. The van der Waals surface area contributed by atoms with Crippen LogP contribution in [0.15, 0.2) is 25.6 Å². The number of alkyl halides is 2. The first kappa shape index (κ1) is 27.0. The Bertz CT molecular complexity index is 1010. The number of halogens is 5. The fourth-order valence-electron chi connectivity index (χ4n) is 4.72. The maximum Gasteiger partial charge on any atom is 0.367 e. The summed E-state index contributed by atoms with van der Waals surface area (Å²) < 4.78 is 70.9. The molecule has 13 heteroatoms. The van der Waals surface area contributed by atoms with Gasteiger partial charge in [0, 0.05) is 4.47 Å². The maximum absolute atomic E-state index is 13.4. The molecule has 0 spiro atoms. The van der Waals surface area contributed by atoms with Crippen LogP contribution < -0.4 is 4.74 Å². The molecule has 3 rings (SSSR count). The average Bonchev–Trinajstić information content (AvgIpc) is 2.72. The highest BCUT2D eigenvalue weighted by molar-refractivity contribution is 9.11. The second-order valence-electron chi connectivity index (χ2n) is 8.22. The number of ether oxygens (including phenoxy) is 2. The molecule has 33 heavy (non-hydrogen) atoms. The summed E-state index contributed by atoms with van der Waals surface area (Å²) in [4.78, 5) is 25.6. The molecule has 0 saturated heterocycles. The standard InChI is InChI=1S/C20H21Br3F2O7S/c21-10-7-15(22)17(16(23)8-10)32-19(27)14-6-2-3-11-12(14)4-1-5-13(11)18(26)31-9-20(24,25)33(28,29)30/h7-8,11-14H,1-6,9H2,(H,28,29,30)/p-1. The number of hydrogen-bond acceptors (Lipinski definition) is 7. The van der Waals surface area contributed by atoms with Crippen LogP contribution in [0.25, 0.3) is 0 Å². The van der Waals surface area contributed by atoms with Crippen molar-refractivity contribution in [3.05, 3.63) is 25.6 Å². The summed E-state index contributed by atoms with van der Waals surface area (Å²) in [5.74, 6) is -2.80. The second kappa shape index (κ2) is 10.5. The minimum absolute atomic E-state index is 0.200. The lowest BCUT2D eigenvalue weighted by molar-refractivity contribution is -0.163. The minimum atomic E-state index is -5.94. The topological polar surface area (TPSA) is 110 Å². The predicted octanol–water partition coefficient (Wildman–Crippen LogP) is 5.39. The van der Waals surface area contributed by atoms with Crippen LogP contribution in [0.2, 0.25) is 0 Å². The molecule has 0 radical (unpaired) electrons. The van der Waals surface area contributed by atoms with Gasteiger partial charge in [-0.05, 0) is 81.5 Å². The number of benzene rings is 1. The molecule has 1 aromatic rings. The normalized spacial score (nSPS) is 25.8. The molecule has 0 aromatic heterocycles. The third-order valence-electron chi connectivity index (χ3n) is 6.21. The Morgan fingerprint density at radius 1 is 0.970 bits per heavy atom. The van der Waals surface area contributed by atoms with Crippen LogP contribution in [-0.4, -0.2) is 36.8 Å². The summed E-state index contributed by atoms with van der Waals surface area (Å²) in [6, 6.07) is 3.48. The molecule has 2 fully saturated rings. The van der Waals surface area contributed by atoms with E-state index in [1.54, 1.807) is 12.1 Å². The van der Waals surface area contributed by atoms with Gasteiger partial charge in [0.15, 0.2) is 22.5 Å². The number of fused-ring (bicyclic) bond motifs is 1. The third-order valence-corrected chi connectivity index (χ3v) is 8.69. The molecular weight excluding hydrogens is 662 g/mol. The highest BCUT2D eigenvalue weighted by Gasteiger charge is 2.47. The number of rotatable bonds is 6. The summed E-state index contributed by atoms with van der Waals surface area (Å²) in [5.41, 5.74) is 0. The van der Waals surface area contributed by atoms with E-state index in [1.165, 1.54) is 0 Å². The molecule has 0 bridgehead atoms. The van der Waals surface area contributed by atoms with Gasteiger partial charge in [0.2, 0.25) is 0 Å². The van der Waals surface area contributed by atoms with Crippen molar-refractivity contribution in [2.45, 2.75) is 43.8 Å². The van der Waals surface area contributed by atoms with Crippen molar-refractivity contribution in [3.63, 3.8) is 0 Å². The highest BCUT2D eigenvalue weighted by Crippen LogP contribution is 2.48. The molecule has 0 N–H and O–H groups in total. The van der Waals surface area contributed by atoms with Gasteiger partial charge in [0.1, 0.15) is 0 Å². The van der Waals surface area contributed by atoms with E-state index in [-0.39, 0.29) is 11.8 Å². The number of carbonyl (C=O) groups is 2. The van der Waals surface area contributed by atoms with E-state index in [1.807, 2.05) is 0 Å². The molecular formula is C20H20Br3F2O7S-. The van der Waals surface area contributed by atoms with Gasteiger partial charge in [-0.2, -0.15) is 8.78 Å². The van der Waals surface area contributed by atoms with Gasteiger partial charge in [0.25, 0.3) is 0 Å². The van der Waals surface area contributed by atoms with Crippen LogP contribution in [0.1, 0.15) is 38.5 Å². The number of carbonyl (C=O) groups excluding carboxylic acids is 2. The first-order chi connectivity index (χ1) is 15.3. The minimum Gasteiger partial charge on any atom is -0.743 e. The summed E-state index contributed by atoms with van der Waals surface area (Å²) in [7, 11) is -5.94. The number of hydrogen-bond donors (Lipinski definition) is 0. The zero-order valence-electron chi connectivity index (χ0n) is 17.1. The molecule has 2 saturated carbocycles. The van der Waals surface area contributed by atoms with Crippen molar-refractivity contribution in [2.75, 3.05) is 6.61 Å². The van der Waals surface area contributed by atoms with Gasteiger partial charge in [-0.25, -0.2) is 8.42 Å². The lowest BCUT2D eigenvalue weighted by atomic mass is 9.61. The fraction of sp³-hybridized carbons (Fsp3) is 0.600. The molecule has 1 aromatic carbocycles. The monoisotopic (exact) mass is 679 g/mol. The lowest BCUT2D eigenvalue weighted by Gasteiger charge is -2.43. The Balaban J connectivity index is 1.71. The van der Waals surface area contributed by atoms with E-state index < -0.39 is 45.8 Å². The predicted molar refractivity (Wildman–Crippen MR) is 122 cm³/mol. The lowest BCUT2D eigenvalue weighted by Crippen LogP contribution is -2.44. The van der Waals surface area contributed by atoms with Crippen LogP contribution in [0.5, 0.6) is 5.75 Å². The first-order valence-electron chi connectivity index (χ1n) is 10.2. The van der Waals surface area contributed by atoms with E-state index in [9.17, 15) is 31.3 Å². The SMILES string of the molecule is O=C(OCC(F)(F)S(=O)(=O)[O-])C1CCCC2C(C(=O)Oc3c(Br)cc(Br)cc3Br)CCCC12. The summed E-state index contributed by atoms with van der Waals surface area (Å²) >= 11 is 10.1. The van der Waals surface area contributed by atoms with Crippen molar-refractivity contribution < 1.29 is 40.8 Å². The molecule has 4 unspecified atom stereocenters. The highest BCUT2D eigenvalue weighted by atomic mass is 79.9. The smallest absolute Gasteiger partial charge is 0.367 e. The van der Waals surface area contributed by atoms with Gasteiger partial charge in [-0.3, -0.25) is 9.59 Å². The van der Waals surface area contributed by atoms with Crippen LogP contribution in [0.4, 0.5) is 8.78 Å². The van der Waals surface area contributed by atoms with E-state index in [4.69, 9.17) is 4.74 Å². The van der Waals surface area contributed by atoms with Crippen LogP contribution in [0.3, 0.4) is 0 Å². The quantitative estimate of drug-likeness (QED) is 0.225. The second-order valence-corrected chi connectivity index (χ2v) is 12.4. The van der Waals surface area contributed by atoms with Crippen LogP contribution >= 0.6 is 47.8 Å². The fourth-order valence-corrected chi connectivity index (χ4v) is 7.35. The molecule has 2 aliphatic carbocycles. The first-order valence-corrected chi connectivity index (χ1v) is 14.0. The summed E-state index contributed by atoms with van der Waals surface area (Å²) in [6.07, 6.45) is 3.44. The van der Waals surface area contributed by atoms with Gasteiger partial charge >= 0.3 is 17.2 Å². The van der Waals surface area contributed by atoms with Crippen molar-refractivity contribution in [1.82, 2.24) is 0 Å². The third kappa shape index (κ3) is 6.14. The Morgan fingerprint density at radius 2 is 1.45 bits per heavy atom. The zero-order chi connectivity index (χ0) is 24.6. The van der Waals surface area contributed by atoms with Crippen molar-refractivity contribution >= 4 is 69.8 Å². The molecule has 4 atom stereocenters. The maximum atomic E-state index is 13.4. The Morgan fingerprint density at radius 3 is 1.94 bits per heavy atom. The molecule has 7 nitrogen and oxygen atoms in total. The van der Waals surface area contributed by atoms with E-state index in [0.29, 0.717) is 53.2 Å². The van der Waals surface area contributed by atoms with Crippen molar-refractivity contribution in [1.29, 1.82) is 0 Å². The molecule has 184 valence electrons. The Kier molecular flexibility index (Phi) is 8.62. The van der Waals surface area contributed by atoms with Gasteiger partial charge < -0.3 is 14.0 Å². The largest absolute Gasteiger partial charge is 0.743 e. The van der Waals surface area contributed by atoms with E-state index in [2.05, 4.69) is 52.5 Å². The summed E-state index contributed by atoms with van der Waals surface area (Å²) in [5, 5.41) is -4.69.